The van der Waals surface area contributed by atoms with Gasteiger partial charge in [0, 0.05) is 0 Å². The van der Waals surface area contributed by atoms with Crippen molar-refractivity contribution in [3.05, 3.63) is 0 Å². The molecule has 0 aromatic heterocycles. The van der Waals surface area contributed by atoms with E-state index in [1.54, 1.807) is 0 Å². The third-order valence-corrected chi connectivity index (χ3v) is 0.810. The molecule has 0 aliphatic rings. The minimum atomic E-state index is -0.517. The maximum Gasteiger partial charge on any atom is 0.418 e. The number of ether oxygens (including phenoxy) is 1. The van der Waals surface area contributed by atoms with Gasteiger partial charge in [-0.2, -0.15) is 0 Å². The number of amides is 1. The lowest BCUT2D eigenvalue weighted by molar-refractivity contribution is 0.178. The highest BCUT2D eigenvalue weighted by atomic mass is 32.2. The van der Waals surface area contributed by atoms with E-state index in [1.807, 2.05) is 0 Å². The van der Waals surface area contributed by atoms with Crippen molar-refractivity contribution in [2.45, 2.75) is 0 Å². The van der Waals surface area contributed by atoms with Crippen molar-refractivity contribution in [2.24, 2.45) is 0 Å². The van der Waals surface area contributed by atoms with Crippen LogP contribution in [0.4, 0.5) is 4.79 Å². The van der Waals surface area contributed by atoms with Gasteiger partial charge >= 0.3 is 6.09 Å². The fourth-order valence-electron chi connectivity index (χ4n) is 0.117. The van der Waals surface area contributed by atoms with Gasteiger partial charge in [0.05, 0.1) is 14.2 Å². The van der Waals surface area contributed by atoms with E-state index < -0.39 is 6.09 Å². The van der Waals surface area contributed by atoms with Gasteiger partial charge in [-0.1, -0.05) is 0 Å². The van der Waals surface area contributed by atoms with Crippen LogP contribution < -0.4 is 4.72 Å². The monoisotopic (exact) mass is 137 g/mol. The van der Waals surface area contributed by atoms with E-state index in [0.29, 0.717) is 0 Å². The van der Waals surface area contributed by atoms with Gasteiger partial charge in [0.2, 0.25) is 0 Å². The molecule has 4 nitrogen and oxygen atoms in total. The molecular weight excluding hydrogens is 130 g/mol. The number of carbonyl (C=O) groups excluding carboxylic acids is 1. The Hall–Kier alpha value is -0.420. The predicted molar refractivity (Wildman–Crippen MR) is 30.1 cm³/mol. The van der Waals surface area contributed by atoms with Crippen LogP contribution in [0.5, 0.6) is 0 Å². The lowest BCUT2D eigenvalue weighted by atomic mass is 11.2. The standard InChI is InChI=1S/C3H7NO3S/c1-6-3(5)4-8-7-2/h1-2H3,(H,4,5). The van der Waals surface area contributed by atoms with Crippen molar-refractivity contribution >= 4 is 18.3 Å². The average molecular weight is 137 g/mol. The second kappa shape index (κ2) is 4.73. The molecule has 5 heteroatoms. The normalized spacial score (nSPS) is 8.25. The second-order valence-electron chi connectivity index (χ2n) is 0.844. The van der Waals surface area contributed by atoms with Crippen molar-refractivity contribution in [1.82, 2.24) is 4.72 Å². The smallest absolute Gasteiger partial charge is 0.418 e. The first-order chi connectivity index (χ1) is 3.81. The summed E-state index contributed by atoms with van der Waals surface area (Å²) in [7, 11) is 2.73. The van der Waals surface area contributed by atoms with Gasteiger partial charge in [-0.15, -0.1) is 0 Å². The van der Waals surface area contributed by atoms with E-state index in [4.69, 9.17) is 0 Å². The molecule has 0 aromatic carbocycles. The fraction of sp³-hybridized carbons (Fsp3) is 0.667. The van der Waals surface area contributed by atoms with E-state index in [1.165, 1.54) is 14.2 Å². The number of hydrogen-bond acceptors (Lipinski definition) is 4. The highest BCUT2D eigenvalue weighted by molar-refractivity contribution is 7.93. The summed E-state index contributed by atoms with van der Waals surface area (Å²) in [6.07, 6.45) is -0.517. The Labute approximate surface area is 51.9 Å². The van der Waals surface area contributed by atoms with Crippen molar-refractivity contribution < 1.29 is 13.7 Å². The molecule has 0 rings (SSSR count). The predicted octanol–water partition coefficient (Wildman–Crippen LogP) is 0.552. The van der Waals surface area contributed by atoms with Crippen LogP contribution in [0.15, 0.2) is 0 Å². The van der Waals surface area contributed by atoms with Crippen molar-refractivity contribution in [3.8, 4) is 0 Å². The summed E-state index contributed by atoms with van der Waals surface area (Å²) in [6.45, 7) is 0. The Morgan fingerprint density at radius 1 is 1.62 bits per heavy atom. The maximum atomic E-state index is 10.1. The van der Waals surface area contributed by atoms with Crippen molar-refractivity contribution in [1.29, 1.82) is 0 Å². The zero-order chi connectivity index (χ0) is 6.41. The quantitative estimate of drug-likeness (QED) is 0.446. The maximum absolute atomic E-state index is 10.1. The van der Waals surface area contributed by atoms with Crippen molar-refractivity contribution in [2.75, 3.05) is 14.2 Å². The highest BCUT2D eigenvalue weighted by Crippen LogP contribution is 1.90. The molecular formula is C3H7NO3S. The SMILES string of the molecule is COSNC(=O)OC. The average Bonchev–Trinajstić information content (AvgIpc) is 1.83. The van der Waals surface area contributed by atoms with Crippen LogP contribution in [0.1, 0.15) is 0 Å². The lowest BCUT2D eigenvalue weighted by Gasteiger charge is -1.96. The molecule has 0 unspecified atom stereocenters. The lowest BCUT2D eigenvalue weighted by Crippen LogP contribution is -2.14. The first-order valence-electron chi connectivity index (χ1n) is 1.85. The van der Waals surface area contributed by atoms with Crippen LogP contribution in [-0.2, 0) is 8.92 Å². The van der Waals surface area contributed by atoms with Crippen LogP contribution in [0, 0.1) is 0 Å². The zero-order valence-corrected chi connectivity index (χ0v) is 5.45. The zero-order valence-electron chi connectivity index (χ0n) is 4.63. The Kier molecular flexibility index (Phi) is 4.48. The number of rotatable bonds is 2. The van der Waals surface area contributed by atoms with Crippen LogP contribution in [0.3, 0.4) is 0 Å². The van der Waals surface area contributed by atoms with Gasteiger partial charge in [-0.25, -0.2) is 9.52 Å². The van der Waals surface area contributed by atoms with Crippen LogP contribution in [-0.4, -0.2) is 20.3 Å². The fourth-order valence-corrected chi connectivity index (χ4v) is 0.352. The Bertz CT molecular complexity index is 76.9. The van der Waals surface area contributed by atoms with E-state index in [0.717, 1.165) is 12.2 Å². The van der Waals surface area contributed by atoms with E-state index >= 15 is 0 Å². The summed E-state index contributed by atoms with van der Waals surface area (Å²) in [6, 6.07) is 0. The summed E-state index contributed by atoms with van der Waals surface area (Å²) in [5, 5.41) is 0. The summed E-state index contributed by atoms with van der Waals surface area (Å²) < 4.78 is 10.8. The molecule has 0 fully saturated rings. The molecule has 8 heavy (non-hydrogen) atoms. The molecule has 0 atom stereocenters. The van der Waals surface area contributed by atoms with Gasteiger partial charge in [-0.05, 0) is 0 Å². The minimum Gasteiger partial charge on any atom is -0.452 e. The molecule has 0 saturated carbocycles. The van der Waals surface area contributed by atoms with E-state index in [-0.39, 0.29) is 0 Å². The number of methoxy groups -OCH3 is 1. The molecule has 0 radical (unpaired) electrons. The number of hydrogen-bond donors (Lipinski definition) is 1. The minimum absolute atomic E-state index is 0.517. The third kappa shape index (κ3) is 3.76. The molecule has 0 heterocycles. The summed E-state index contributed by atoms with van der Waals surface area (Å²) in [4.78, 5) is 10.1. The topological polar surface area (TPSA) is 47.6 Å². The Morgan fingerprint density at radius 3 is 2.62 bits per heavy atom. The van der Waals surface area contributed by atoms with Gasteiger partial charge in [-0.3, -0.25) is 0 Å². The second-order valence-corrected chi connectivity index (χ2v) is 1.55. The Balaban J connectivity index is 2.99. The Morgan fingerprint density at radius 2 is 2.25 bits per heavy atom. The number of carbonyl (C=O) groups is 1. The van der Waals surface area contributed by atoms with Crippen molar-refractivity contribution in [3.63, 3.8) is 0 Å². The summed E-state index contributed by atoms with van der Waals surface area (Å²) >= 11 is 0.816. The molecule has 0 aliphatic carbocycles. The third-order valence-electron chi connectivity index (χ3n) is 0.394. The largest absolute Gasteiger partial charge is 0.452 e. The van der Waals surface area contributed by atoms with Crippen LogP contribution in [0.25, 0.3) is 0 Å². The number of nitrogens with one attached hydrogen (secondary N) is 1. The molecule has 48 valence electrons. The van der Waals surface area contributed by atoms with Crippen LogP contribution in [0.2, 0.25) is 0 Å². The molecule has 0 aliphatic heterocycles. The molecule has 1 amide bonds. The molecule has 0 spiro atoms. The first-order valence-corrected chi connectivity index (χ1v) is 2.59. The summed E-state index contributed by atoms with van der Waals surface area (Å²) in [5.74, 6) is 0. The first kappa shape index (κ1) is 7.58. The van der Waals surface area contributed by atoms with Gasteiger partial charge < -0.3 is 8.92 Å². The van der Waals surface area contributed by atoms with E-state index in [2.05, 4.69) is 13.6 Å². The molecule has 0 aromatic rings. The molecule has 1 N–H and O–H groups in total. The molecule has 0 bridgehead atoms. The molecule has 0 saturated heterocycles. The van der Waals surface area contributed by atoms with Gasteiger partial charge in [0.1, 0.15) is 12.2 Å². The summed E-state index contributed by atoms with van der Waals surface area (Å²) in [5.41, 5.74) is 0. The van der Waals surface area contributed by atoms with Crippen LogP contribution >= 0.6 is 12.2 Å². The highest BCUT2D eigenvalue weighted by Gasteiger charge is 1.93. The van der Waals surface area contributed by atoms with E-state index in [9.17, 15) is 4.79 Å². The van der Waals surface area contributed by atoms with Gasteiger partial charge in [0.25, 0.3) is 0 Å². The van der Waals surface area contributed by atoms with Gasteiger partial charge in [0.15, 0.2) is 0 Å².